The van der Waals surface area contributed by atoms with Gasteiger partial charge in [0.05, 0.1) is 0 Å². The third-order valence-corrected chi connectivity index (χ3v) is 2.89. The van der Waals surface area contributed by atoms with E-state index < -0.39 is 5.24 Å². The van der Waals surface area contributed by atoms with Crippen LogP contribution < -0.4 is 4.90 Å². The number of carbonyl (C=O) groups is 2. The number of hydrogen-bond acceptors (Lipinski definition) is 2. The van der Waals surface area contributed by atoms with E-state index in [1.54, 1.807) is 17.0 Å². The fourth-order valence-electron chi connectivity index (χ4n) is 1.95. The SMILES string of the molecule is Cc1cc(C(=O)Cl)cc(N2CCCC2=O)c1. The Bertz CT molecular complexity index is 456. The molecular formula is C12H12ClNO2. The van der Waals surface area contributed by atoms with Crippen LogP contribution in [0.15, 0.2) is 18.2 Å². The van der Waals surface area contributed by atoms with Gasteiger partial charge in [0.2, 0.25) is 5.91 Å². The van der Waals surface area contributed by atoms with E-state index in [9.17, 15) is 9.59 Å². The van der Waals surface area contributed by atoms with E-state index in [4.69, 9.17) is 11.6 Å². The number of hydrogen-bond donors (Lipinski definition) is 0. The number of anilines is 1. The number of halogens is 1. The van der Waals surface area contributed by atoms with Crippen LogP contribution in [0.3, 0.4) is 0 Å². The number of rotatable bonds is 2. The molecule has 0 bridgehead atoms. The summed E-state index contributed by atoms with van der Waals surface area (Å²) in [5, 5.41) is -0.489. The van der Waals surface area contributed by atoms with Crippen molar-refractivity contribution in [3.05, 3.63) is 29.3 Å². The molecular weight excluding hydrogens is 226 g/mol. The van der Waals surface area contributed by atoms with Crippen molar-refractivity contribution in [2.24, 2.45) is 0 Å². The van der Waals surface area contributed by atoms with Crippen LogP contribution in [-0.4, -0.2) is 17.7 Å². The van der Waals surface area contributed by atoms with Gasteiger partial charge in [0.1, 0.15) is 0 Å². The van der Waals surface area contributed by atoms with Gasteiger partial charge in [0.15, 0.2) is 0 Å². The molecule has 2 rings (SSSR count). The highest BCUT2D eigenvalue weighted by Crippen LogP contribution is 2.24. The number of aryl methyl sites for hydroxylation is 1. The topological polar surface area (TPSA) is 37.4 Å². The van der Waals surface area contributed by atoms with Crippen molar-refractivity contribution in [1.82, 2.24) is 0 Å². The van der Waals surface area contributed by atoms with Crippen molar-refractivity contribution in [2.75, 3.05) is 11.4 Å². The van der Waals surface area contributed by atoms with Crippen LogP contribution in [0.25, 0.3) is 0 Å². The molecule has 4 heteroatoms. The maximum absolute atomic E-state index is 11.6. The van der Waals surface area contributed by atoms with Crippen LogP contribution in [0, 0.1) is 6.92 Å². The maximum atomic E-state index is 11.6. The first-order chi connectivity index (χ1) is 7.58. The molecule has 3 nitrogen and oxygen atoms in total. The van der Waals surface area contributed by atoms with Gasteiger partial charge in [-0.1, -0.05) is 0 Å². The van der Waals surface area contributed by atoms with Gasteiger partial charge in [-0.2, -0.15) is 0 Å². The Kier molecular flexibility index (Phi) is 2.97. The van der Waals surface area contributed by atoms with Gasteiger partial charge in [-0.05, 0) is 48.7 Å². The monoisotopic (exact) mass is 237 g/mol. The molecule has 0 spiro atoms. The molecule has 0 aromatic heterocycles. The average molecular weight is 238 g/mol. The molecule has 0 N–H and O–H groups in total. The van der Waals surface area contributed by atoms with Gasteiger partial charge >= 0.3 is 0 Å². The summed E-state index contributed by atoms with van der Waals surface area (Å²) in [5.41, 5.74) is 2.14. The van der Waals surface area contributed by atoms with Crippen molar-refractivity contribution in [3.8, 4) is 0 Å². The highest BCUT2D eigenvalue weighted by atomic mass is 35.5. The summed E-state index contributed by atoms with van der Waals surface area (Å²) in [6.45, 7) is 2.60. The summed E-state index contributed by atoms with van der Waals surface area (Å²) in [6.07, 6.45) is 1.45. The van der Waals surface area contributed by atoms with Crippen LogP contribution in [0.1, 0.15) is 28.8 Å². The Labute approximate surface area is 99.0 Å². The Morgan fingerprint density at radius 3 is 2.69 bits per heavy atom. The molecule has 1 heterocycles. The van der Waals surface area contributed by atoms with E-state index in [0.29, 0.717) is 12.0 Å². The summed E-state index contributed by atoms with van der Waals surface area (Å²) in [4.78, 5) is 24.4. The second kappa shape index (κ2) is 4.26. The summed E-state index contributed by atoms with van der Waals surface area (Å²) in [5.74, 6) is 0.110. The quantitative estimate of drug-likeness (QED) is 0.742. The van der Waals surface area contributed by atoms with E-state index in [1.165, 1.54) is 0 Å². The zero-order valence-corrected chi connectivity index (χ0v) is 9.75. The number of carbonyl (C=O) groups excluding carboxylic acids is 2. The van der Waals surface area contributed by atoms with Crippen molar-refractivity contribution in [3.63, 3.8) is 0 Å². The molecule has 1 aliphatic rings. The van der Waals surface area contributed by atoms with Crippen LogP contribution in [0.5, 0.6) is 0 Å². The molecule has 84 valence electrons. The van der Waals surface area contributed by atoms with Crippen LogP contribution >= 0.6 is 11.6 Å². The lowest BCUT2D eigenvalue weighted by atomic mass is 10.1. The normalized spacial score (nSPS) is 15.6. The molecule has 1 saturated heterocycles. The highest BCUT2D eigenvalue weighted by Gasteiger charge is 2.22. The third-order valence-electron chi connectivity index (χ3n) is 2.67. The minimum absolute atomic E-state index is 0.110. The number of benzene rings is 1. The molecule has 1 aromatic carbocycles. The fourth-order valence-corrected chi connectivity index (χ4v) is 2.06. The second-order valence-electron chi connectivity index (χ2n) is 3.98. The summed E-state index contributed by atoms with van der Waals surface area (Å²) >= 11 is 5.45. The predicted molar refractivity (Wildman–Crippen MR) is 62.9 cm³/mol. The van der Waals surface area contributed by atoms with Crippen molar-refractivity contribution < 1.29 is 9.59 Å². The molecule has 0 unspecified atom stereocenters. The smallest absolute Gasteiger partial charge is 0.252 e. The minimum atomic E-state index is -0.489. The van der Waals surface area contributed by atoms with Crippen LogP contribution in [0.4, 0.5) is 5.69 Å². The fraction of sp³-hybridized carbons (Fsp3) is 0.333. The van der Waals surface area contributed by atoms with E-state index in [-0.39, 0.29) is 5.91 Å². The average Bonchev–Trinajstić information content (AvgIpc) is 2.63. The second-order valence-corrected chi connectivity index (χ2v) is 4.32. The Morgan fingerprint density at radius 1 is 1.38 bits per heavy atom. The van der Waals surface area contributed by atoms with Gasteiger partial charge < -0.3 is 4.90 Å². The van der Waals surface area contributed by atoms with Crippen LogP contribution in [-0.2, 0) is 4.79 Å². The van der Waals surface area contributed by atoms with Crippen molar-refractivity contribution in [2.45, 2.75) is 19.8 Å². The molecule has 1 aliphatic heterocycles. The molecule has 0 aliphatic carbocycles. The lowest BCUT2D eigenvalue weighted by molar-refractivity contribution is -0.117. The summed E-state index contributed by atoms with van der Waals surface area (Å²) in [6, 6.07) is 5.29. The van der Waals surface area contributed by atoms with E-state index in [1.807, 2.05) is 13.0 Å². The largest absolute Gasteiger partial charge is 0.312 e. The highest BCUT2D eigenvalue weighted by molar-refractivity contribution is 6.67. The lowest BCUT2D eigenvalue weighted by Gasteiger charge is -2.16. The predicted octanol–water partition coefficient (Wildman–Crippen LogP) is 2.50. The number of nitrogens with zero attached hydrogens (tertiary/aromatic N) is 1. The van der Waals surface area contributed by atoms with Crippen molar-refractivity contribution in [1.29, 1.82) is 0 Å². The Hall–Kier alpha value is -1.35. The van der Waals surface area contributed by atoms with Gasteiger partial charge in [0.25, 0.3) is 5.24 Å². The third kappa shape index (κ3) is 2.09. The zero-order valence-electron chi connectivity index (χ0n) is 9.00. The first-order valence-corrected chi connectivity index (χ1v) is 5.57. The van der Waals surface area contributed by atoms with E-state index in [2.05, 4.69) is 0 Å². The Morgan fingerprint density at radius 2 is 2.12 bits per heavy atom. The molecule has 1 amide bonds. The van der Waals surface area contributed by atoms with Gasteiger partial charge in [-0.3, -0.25) is 9.59 Å². The van der Waals surface area contributed by atoms with Crippen molar-refractivity contribution >= 4 is 28.4 Å². The first kappa shape index (κ1) is 11.1. The minimum Gasteiger partial charge on any atom is -0.312 e. The molecule has 16 heavy (non-hydrogen) atoms. The Balaban J connectivity index is 2.40. The first-order valence-electron chi connectivity index (χ1n) is 5.20. The molecule has 0 saturated carbocycles. The summed E-state index contributed by atoms with van der Waals surface area (Å²) in [7, 11) is 0. The van der Waals surface area contributed by atoms with Gasteiger partial charge in [-0.15, -0.1) is 0 Å². The maximum Gasteiger partial charge on any atom is 0.252 e. The van der Waals surface area contributed by atoms with E-state index in [0.717, 1.165) is 24.2 Å². The molecule has 0 atom stereocenters. The van der Waals surface area contributed by atoms with Crippen LogP contribution in [0.2, 0.25) is 0 Å². The van der Waals surface area contributed by atoms with Gasteiger partial charge in [0, 0.05) is 24.2 Å². The van der Waals surface area contributed by atoms with Gasteiger partial charge in [-0.25, -0.2) is 0 Å². The molecule has 1 fully saturated rings. The van der Waals surface area contributed by atoms with E-state index >= 15 is 0 Å². The number of amides is 1. The zero-order chi connectivity index (χ0) is 11.7. The summed E-state index contributed by atoms with van der Waals surface area (Å²) < 4.78 is 0. The lowest BCUT2D eigenvalue weighted by Crippen LogP contribution is -2.23. The molecule has 0 radical (unpaired) electrons. The standard InChI is InChI=1S/C12H12ClNO2/c1-8-5-9(12(13)16)7-10(6-8)14-4-2-3-11(14)15/h5-7H,2-4H2,1H3. The molecule has 1 aromatic rings.